The first-order chi connectivity index (χ1) is 14.0. The van der Waals surface area contributed by atoms with E-state index in [0.29, 0.717) is 12.2 Å². The zero-order valence-electron chi connectivity index (χ0n) is 18.2. The molecular formula is C26H36O3. The summed E-state index contributed by atoms with van der Waals surface area (Å²) >= 11 is 0. The van der Waals surface area contributed by atoms with Crippen LogP contribution in [0.15, 0.2) is 65.8 Å². The number of rotatable bonds is 14. The number of hydrogen-bond acceptors (Lipinski definition) is 2. The lowest BCUT2D eigenvalue weighted by Crippen LogP contribution is -1.97. The van der Waals surface area contributed by atoms with Gasteiger partial charge in [0, 0.05) is 12.7 Å². The predicted octanol–water partition coefficient (Wildman–Crippen LogP) is 7.11. The van der Waals surface area contributed by atoms with Crippen LogP contribution in [0.2, 0.25) is 0 Å². The van der Waals surface area contributed by atoms with Crippen LogP contribution in [0.4, 0.5) is 0 Å². The first kappa shape index (κ1) is 24.6. The summed E-state index contributed by atoms with van der Waals surface area (Å²) < 4.78 is 5.88. The molecule has 0 saturated heterocycles. The average Bonchev–Trinajstić information content (AvgIpc) is 2.68. The van der Waals surface area contributed by atoms with Gasteiger partial charge in [0.1, 0.15) is 0 Å². The third kappa shape index (κ3) is 12.6. The van der Waals surface area contributed by atoms with Gasteiger partial charge >= 0.3 is 5.97 Å². The monoisotopic (exact) mass is 396 g/mol. The van der Waals surface area contributed by atoms with E-state index in [2.05, 4.69) is 31.2 Å². The van der Waals surface area contributed by atoms with Crippen molar-refractivity contribution in [2.24, 2.45) is 0 Å². The maximum absolute atomic E-state index is 10.6. The molecule has 0 radical (unpaired) electrons. The maximum Gasteiger partial charge on any atom is 0.328 e. The van der Waals surface area contributed by atoms with Gasteiger partial charge in [-0.3, -0.25) is 0 Å². The molecule has 0 unspecified atom stereocenters. The van der Waals surface area contributed by atoms with Crippen molar-refractivity contribution in [2.75, 3.05) is 6.61 Å². The third-order valence-corrected chi connectivity index (χ3v) is 4.55. The van der Waals surface area contributed by atoms with Gasteiger partial charge in [-0.2, -0.15) is 0 Å². The summed E-state index contributed by atoms with van der Waals surface area (Å²) in [6, 6.07) is 8.29. The molecule has 0 heterocycles. The highest BCUT2D eigenvalue weighted by molar-refractivity contribution is 5.81. The van der Waals surface area contributed by atoms with Gasteiger partial charge in [0.25, 0.3) is 0 Å². The van der Waals surface area contributed by atoms with Crippen LogP contribution in [0, 0.1) is 0 Å². The molecule has 1 aromatic carbocycles. The van der Waals surface area contributed by atoms with Crippen molar-refractivity contribution < 1.29 is 14.6 Å². The quantitative estimate of drug-likeness (QED) is 0.207. The molecule has 0 amide bonds. The molecule has 3 heteroatoms. The highest BCUT2D eigenvalue weighted by atomic mass is 16.5. The van der Waals surface area contributed by atoms with Gasteiger partial charge in [0.05, 0.1) is 6.61 Å². The Labute approximate surface area is 176 Å². The van der Waals surface area contributed by atoms with E-state index >= 15 is 0 Å². The van der Waals surface area contributed by atoms with Crippen molar-refractivity contribution in [1.29, 1.82) is 0 Å². The molecule has 1 aromatic rings. The van der Waals surface area contributed by atoms with Crippen LogP contribution in [0.3, 0.4) is 0 Å². The lowest BCUT2D eigenvalue weighted by atomic mass is 10.1. The summed E-state index contributed by atoms with van der Waals surface area (Å²) in [5, 5.41) is 8.72. The minimum atomic E-state index is -0.928. The molecule has 0 aliphatic heterocycles. The van der Waals surface area contributed by atoms with E-state index in [1.807, 2.05) is 31.2 Å². The highest BCUT2D eigenvalue weighted by Gasteiger charge is 1.99. The van der Waals surface area contributed by atoms with Crippen molar-refractivity contribution in [3.05, 3.63) is 76.9 Å². The van der Waals surface area contributed by atoms with Gasteiger partial charge in [-0.1, -0.05) is 99.2 Å². The molecule has 3 nitrogen and oxygen atoms in total. The molecule has 158 valence electrons. The van der Waals surface area contributed by atoms with Crippen molar-refractivity contribution in [2.45, 2.75) is 65.9 Å². The van der Waals surface area contributed by atoms with Crippen LogP contribution in [-0.4, -0.2) is 17.7 Å². The Hall–Kier alpha value is -2.39. The molecule has 1 N–H and O–H groups in total. The summed E-state index contributed by atoms with van der Waals surface area (Å²) in [4.78, 5) is 10.6. The lowest BCUT2D eigenvalue weighted by Gasteiger charge is -2.08. The van der Waals surface area contributed by atoms with Gasteiger partial charge in [0.2, 0.25) is 0 Å². The fourth-order valence-electron chi connectivity index (χ4n) is 2.87. The van der Waals surface area contributed by atoms with Gasteiger partial charge in [-0.25, -0.2) is 4.79 Å². The maximum atomic E-state index is 10.6. The lowest BCUT2D eigenvalue weighted by molar-refractivity contribution is -0.131. The zero-order chi connectivity index (χ0) is 21.3. The predicted molar refractivity (Wildman–Crippen MR) is 123 cm³/mol. The summed E-state index contributed by atoms with van der Waals surface area (Å²) in [5.41, 5.74) is 4.15. The van der Waals surface area contributed by atoms with E-state index in [9.17, 15) is 4.79 Å². The molecule has 0 aliphatic rings. The number of carboxylic acids is 1. The molecule has 1 rings (SSSR count). The summed E-state index contributed by atoms with van der Waals surface area (Å²) in [6.07, 6.45) is 18.6. The number of allylic oxidation sites excluding steroid dienone is 6. The van der Waals surface area contributed by atoms with Gasteiger partial charge in [0.15, 0.2) is 0 Å². The Bertz CT molecular complexity index is 723. The number of benzene rings is 1. The van der Waals surface area contributed by atoms with E-state index in [0.717, 1.165) is 24.2 Å². The van der Waals surface area contributed by atoms with Gasteiger partial charge < -0.3 is 9.84 Å². The summed E-state index contributed by atoms with van der Waals surface area (Å²) in [5.74, 6) is -0.928. The van der Waals surface area contributed by atoms with Crippen molar-refractivity contribution >= 4 is 12.0 Å². The zero-order valence-corrected chi connectivity index (χ0v) is 18.2. The van der Waals surface area contributed by atoms with Crippen LogP contribution in [0.5, 0.6) is 0 Å². The van der Waals surface area contributed by atoms with Crippen LogP contribution < -0.4 is 0 Å². The summed E-state index contributed by atoms with van der Waals surface area (Å²) in [7, 11) is 0. The van der Waals surface area contributed by atoms with Crippen LogP contribution in [0.1, 0.15) is 70.4 Å². The number of hydrogen-bond donors (Lipinski definition) is 1. The Balaban J connectivity index is 2.50. The average molecular weight is 397 g/mol. The molecule has 0 aromatic heterocycles. The molecule has 0 atom stereocenters. The minimum Gasteiger partial charge on any atom is -0.478 e. The standard InChI is InChI=1S/C26H36O3/c1-4-5-6-7-8-11-19-29-21-25-16-10-9-15-24(25)18-17-22(2)13-12-14-23(3)20-26(27)28/h9-10,12-18,20H,4-8,11,19,21H2,1-3H3,(H,27,28). The van der Waals surface area contributed by atoms with Gasteiger partial charge in [-0.15, -0.1) is 0 Å². The topological polar surface area (TPSA) is 46.5 Å². The second kappa shape index (κ2) is 15.5. The number of aliphatic carboxylic acids is 1. The van der Waals surface area contributed by atoms with E-state index in [-0.39, 0.29) is 0 Å². The number of ether oxygens (including phenoxy) is 1. The van der Waals surface area contributed by atoms with Crippen LogP contribution in [-0.2, 0) is 16.1 Å². The number of carbonyl (C=O) groups is 1. The first-order valence-corrected chi connectivity index (χ1v) is 10.6. The SMILES string of the molecule is CCCCCCCCOCc1ccccc1C=CC(C)=CC=CC(C)=CC(=O)O. The van der Waals surface area contributed by atoms with Crippen LogP contribution in [0.25, 0.3) is 6.08 Å². The Kier molecular flexibility index (Phi) is 13.2. The molecule has 0 aliphatic carbocycles. The first-order valence-electron chi connectivity index (χ1n) is 10.6. The number of unbranched alkanes of at least 4 members (excludes halogenated alkanes) is 5. The third-order valence-electron chi connectivity index (χ3n) is 4.55. The number of carboxylic acid groups (broad SMARTS) is 1. The van der Waals surface area contributed by atoms with E-state index in [4.69, 9.17) is 9.84 Å². The van der Waals surface area contributed by atoms with Crippen molar-refractivity contribution in [1.82, 2.24) is 0 Å². The molecule has 29 heavy (non-hydrogen) atoms. The smallest absolute Gasteiger partial charge is 0.328 e. The van der Waals surface area contributed by atoms with Crippen molar-refractivity contribution in [3.63, 3.8) is 0 Å². The highest BCUT2D eigenvalue weighted by Crippen LogP contribution is 2.14. The van der Waals surface area contributed by atoms with Crippen LogP contribution >= 0.6 is 0 Å². The molecule has 0 fully saturated rings. The minimum absolute atomic E-state index is 0.636. The molecular weight excluding hydrogens is 360 g/mol. The second-order valence-electron chi connectivity index (χ2n) is 7.35. The van der Waals surface area contributed by atoms with Crippen molar-refractivity contribution in [3.8, 4) is 0 Å². The molecule has 0 saturated carbocycles. The fourth-order valence-corrected chi connectivity index (χ4v) is 2.87. The molecule has 0 bridgehead atoms. The molecule has 0 spiro atoms. The largest absolute Gasteiger partial charge is 0.478 e. The Morgan fingerprint density at radius 3 is 2.48 bits per heavy atom. The van der Waals surface area contributed by atoms with E-state index in [1.54, 1.807) is 13.0 Å². The Morgan fingerprint density at radius 2 is 1.72 bits per heavy atom. The normalized spacial score (nSPS) is 12.9. The van der Waals surface area contributed by atoms with E-state index < -0.39 is 5.97 Å². The second-order valence-corrected chi connectivity index (χ2v) is 7.35. The fraction of sp³-hybridized carbons (Fsp3) is 0.423. The summed E-state index contributed by atoms with van der Waals surface area (Å²) in [6.45, 7) is 7.48. The van der Waals surface area contributed by atoms with E-state index in [1.165, 1.54) is 43.7 Å². The Morgan fingerprint density at radius 1 is 1.00 bits per heavy atom. The van der Waals surface area contributed by atoms with Gasteiger partial charge in [-0.05, 0) is 37.0 Å².